The fourth-order valence-electron chi connectivity index (χ4n) is 0. The summed E-state index contributed by atoms with van der Waals surface area (Å²) in [6.45, 7) is 3.48. The second kappa shape index (κ2) is 24.7. The van der Waals surface area contributed by atoms with Crippen LogP contribution in [0.4, 0.5) is 0 Å². The van der Waals surface area contributed by atoms with E-state index in [1.54, 1.807) is 0 Å². The van der Waals surface area contributed by atoms with Gasteiger partial charge >= 0.3 is 37.8 Å². The Morgan fingerprint density at radius 2 is 1.43 bits per heavy atom. The maximum absolute atomic E-state index is 3.48. The topological polar surface area (TPSA) is 0 Å². The molecule has 0 atom stereocenters. The summed E-state index contributed by atoms with van der Waals surface area (Å²) < 4.78 is 1.08. The van der Waals surface area contributed by atoms with Gasteiger partial charge < -0.3 is 0 Å². The molecule has 0 aromatic heterocycles. The third-order valence-corrected chi connectivity index (χ3v) is 0.595. The number of rotatable bonds is 1. The molecule has 0 rings (SSSR count). The van der Waals surface area contributed by atoms with Gasteiger partial charge in [0.15, 0.2) is 0 Å². The molecule has 0 fully saturated rings. The fraction of sp³-hybridized carbons (Fsp3) is 0.333. The summed E-state index contributed by atoms with van der Waals surface area (Å²) in [7, 11) is 0. The monoisotopic (exact) mass is 329 g/mol. The van der Waals surface area contributed by atoms with Gasteiger partial charge in [-0.15, -0.1) is 50.9 Å². The van der Waals surface area contributed by atoms with E-state index in [9.17, 15) is 0 Å². The van der Waals surface area contributed by atoms with Crippen molar-refractivity contribution in [2.75, 3.05) is 0 Å². The number of halogens is 3. The zero-order chi connectivity index (χ0) is 3.41. The van der Waals surface area contributed by atoms with Crippen molar-refractivity contribution in [3.63, 3.8) is 0 Å². The molecule has 45 valence electrons. The molecule has 0 heterocycles. The first-order valence-corrected chi connectivity index (χ1v) is 2.27. The Hall–Kier alpha value is 1.89. The number of hydrogen-bond acceptors (Lipinski definition) is 0. The quantitative estimate of drug-likeness (QED) is 0.512. The van der Waals surface area contributed by atoms with E-state index >= 15 is 0 Å². The van der Waals surface area contributed by atoms with Crippen LogP contribution in [-0.4, -0.2) is 0 Å². The zero-order valence-electron chi connectivity index (χ0n) is 3.72. The van der Waals surface area contributed by atoms with Crippen molar-refractivity contribution in [1.82, 2.24) is 0 Å². The Bertz CT molecular complexity index is 24.1. The van der Waals surface area contributed by atoms with E-state index in [0.717, 1.165) is 4.73 Å². The minimum atomic E-state index is 0. The van der Waals surface area contributed by atoms with E-state index in [0.29, 0.717) is 0 Å². The van der Waals surface area contributed by atoms with Crippen LogP contribution in [0.25, 0.3) is 0 Å². The molecule has 0 aromatic rings. The van der Waals surface area contributed by atoms with Crippen LogP contribution >= 0.6 is 50.9 Å². The summed E-state index contributed by atoms with van der Waals surface area (Å²) in [5, 5.41) is 0. The van der Waals surface area contributed by atoms with Crippen molar-refractivity contribution in [1.29, 1.82) is 0 Å². The van der Waals surface area contributed by atoms with Crippen molar-refractivity contribution < 1.29 is 20.4 Å². The van der Waals surface area contributed by atoms with Gasteiger partial charge in [-0.2, -0.15) is 0 Å². The van der Waals surface area contributed by atoms with Crippen molar-refractivity contribution in [2.45, 2.75) is 4.73 Å². The van der Waals surface area contributed by atoms with Crippen LogP contribution in [-0.2, 0) is 20.4 Å². The predicted octanol–water partition coefficient (Wildman–Crippen LogP) is 2.87. The van der Waals surface area contributed by atoms with Crippen LogP contribution in [0, 0.1) is 0 Å². The Balaban J connectivity index is -0.0000000150. The van der Waals surface area contributed by atoms with Gasteiger partial charge in [0.1, 0.15) is 0 Å². The van der Waals surface area contributed by atoms with Crippen LogP contribution in [0.15, 0.2) is 12.7 Å². The Morgan fingerprint density at radius 3 is 1.43 bits per heavy atom. The number of allylic oxidation sites excluding steroid dienone is 1. The van der Waals surface area contributed by atoms with Gasteiger partial charge in [-0.25, -0.2) is 0 Å². The third-order valence-electron chi connectivity index (χ3n) is 0.144. The average molecular weight is 332 g/mol. The van der Waals surface area contributed by atoms with Crippen LogP contribution in [0.5, 0.6) is 0 Å². The normalized spacial score (nSPS) is 3.29. The van der Waals surface area contributed by atoms with Gasteiger partial charge in [0, 0.05) is 0 Å². The molecule has 0 saturated carbocycles. The molecular weight excluding hydrogens is 324 g/mol. The van der Waals surface area contributed by atoms with Crippen molar-refractivity contribution >= 4 is 50.9 Å². The molecule has 0 bridgehead atoms. The molecule has 0 aliphatic carbocycles. The van der Waals surface area contributed by atoms with Gasteiger partial charge in [0.05, 0.1) is 0 Å². The molecule has 0 nitrogen and oxygen atoms in total. The molecule has 0 amide bonds. The minimum absolute atomic E-state index is 0. The molecule has 0 spiro atoms. The van der Waals surface area contributed by atoms with E-state index in [-0.39, 0.29) is 50.9 Å². The van der Waals surface area contributed by atoms with Crippen LogP contribution in [0.2, 0.25) is 4.73 Å². The van der Waals surface area contributed by atoms with E-state index in [1.807, 2.05) is 6.08 Å². The Morgan fingerprint density at radius 1 is 1.29 bits per heavy atom. The molecular formula is C3H8Br3Ti. The van der Waals surface area contributed by atoms with Gasteiger partial charge in [0.2, 0.25) is 0 Å². The van der Waals surface area contributed by atoms with Crippen molar-refractivity contribution in [2.24, 2.45) is 0 Å². The summed E-state index contributed by atoms with van der Waals surface area (Å²) in [5.41, 5.74) is 0. The summed E-state index contributed by atoms with van der Waals surface area (Å²) in [4.78, 5) is 0. The first-order chi connectivity index (χ1) is 1.91. The van der Waals surface area contributed by atoms with Crippen LogP contribution in [0.3, 0.4) is 0 Å². The molecule has 0 saturated heterocycles. The molecule has 0 unspecified atom stereocenters. The standard InChI is InChI=1S/C3H5.3BrH.Ti/c1-3-2;;;;/h3H,1-2H2;3*1H;. The summed E-state index contributed by atoms with van der Waals surface area (Å²) in [5.74, 6) is 0. The van der Waals surface area contributed by atoms with Crippen LogP contribution < -0.4 is 0 Å². The number of hydrogen-bond donors (Lipinski definition) is 0. The molecule has 7 heavy (non-hydrogen) atoms. The SMILES string of the molecule is Br.Br.Br.C=C[CH2][Ti]. The van der Waals surface area contributed by atoms with E-state index in [1.165, 1.54) is 0 Å². The second-order valence-corrected chi connectivity index (χ2v) is 1.13. The van der Waals surface area contributed by atoms with Gasteiger partial charge in [-0.1, -0.05) is 0 Å². The van der Waals surface area contributed by atoms with Crippen molar-refractivity contribution in [3.8, 4) is 0 Å². The molecule has 0 aliphatic rings. The first-order valence-electron chi connectivity index (χ1n) is 1.17. The van der Waals surface area contributed by atoms with E-state index in [2.05, 4.69) is 27.0 Å². The van der Waals surface area contributed by atoms with Crippen molar-refractivity contribution in [3.05, 3.63) is 12.7 Å². The predicted molar refractivity (Wildman–Crippen MR) is 46.0 cm³/mol. The maximum atomic E-state index is 3.48. The molecule has 0 aliphatic heterocycles. The van der Waals surface area contributed by atoms with E-state index < -0.39 is 0 Å². The first kappa shape index (κ1) is 23.1. The van der Waals surface area contributed by atoms with Crippen LogP contribution in [0.1, 0.15) is 0 Å². The summed E-state index contributed by atoms with van der Waals surface area (Å²) >= 11 is 2.06. The summed E-state index contributed by atoms with van der Waals surface area (Å²) in [6.07, 6.45) is 1.88. The van der Waals surface area contributed by atoms with Gasteiger partial charge in [0.25, 0.3) is 0 Å². The Labute approximate surface area is 87.8 Å². The van der Waals surface area contributed by atoms with Gasteiger partial charge in [-0.05, 0) is 0 Å². The molecule has 0 aromatic carbocycles. The second-order valence-electron chi connectivity index (χ2n) is 0.493. The van der Waals surface area contributed by atoms with Gasteiger partial charge in [-0.3, -0.25) is 0 Å². The summed E-state index contributed by atoms with van der Waals surface area (Å²) in [6, 6.07) is 0. The molecule has 0 radical (unpaired) electrons. The third kappa shape index (κ3) is 32.7. The average Bonchev–Trinajstić information content (AvgIpc) is 1.37. The van der Waals surface area contributed by atoms with E-state index in [4.69, 9.17) is 0 Å². The zero-order valence-corrected chi connectivity index (χ0v) is 10.4. The fourth-order valence-corrected chi connectivity index (χ4v) is 0. The molecule has 0 N–H and O–H groups in total. The Kier molecular flexibility index (Phi) is 81.8. The molecule has 4 heteroatoms.